The predicted octanol–water partition coefficient (Wildman–Crippen LogP) is 4.58. The molecule has 1 amide bonds. The number of ether oxygens (including phenoxy) is 1. The van der Waals surface area contributed by atoms with Crippen LogP contribution in [0.5, 0.6) is 0 Å². The quantitative estimate of drug-likeness (QED) is 0.664. The van der Waals surface area contributed by atoms with Crippen molar-refractivity contribution in [2.24, 2.45) is 0 Å². The first-order valence-electron chi connectivity index (χ1n) is 7.36. The van der Waals surface area contributed by atoms with Gasteiger partial charge in [-0.1, -0.05) is 18.2 Å². The molecule has 4 nitrogen and oxygen atoms in total. The molecule has 1 N–H and O–H groups in total. The van der Waals surface area contributed by atoms with Crippen LogP contribution in [0, 0.1) is 5.82 Å². The Morgan fingerprint density at radius 3 is 2.56 bits per heavy atom. The van der Waals surface area contributed by atoms with Gasteiger partial charge < -0.3 is 10.1 Å². The fourth-order valence-corrected chi connectivity index (χ4v) is 4.02. The number of methoxy groups -OCH3 is 1. The lowest BCUT2D eigenvalue weighted by Gasteiger charge is -2.07. The molecule has 3 aromatic rings. The van der Waals surface area contributed by atoms with Crippen molar-refractivity contribution in [1.29, 1.82) is 0 Å². The molecule has 0 aliphatic rings. The molecule has 25 heavy (non-hydrogen) atoms. The highest BCUT2D eigenvalue weighted by Gasteiger charge is 2.22. The van der Waals surface area contributed by atoms with Crippen LogP contribution in [0.1, 0.15) is 15.2 Å². The highest BCUT2D eigenvalue weighted by Crippen LogP contribution is 2.36. The zero-order chi connectivity index (χ0) is 17.8. The number of rotatable bonds is 5. The third-order valence-electron chi connectivity index (χ3n) is 3.50. The maximum Gasteiger partial charge on any atom is 0.341 e. The molecule has 2 aromatic heterocycles. The van der Waals surface area contributed by atoms with Crippen molar-refractivity contribution in [2.75, 3.05) is 12.4 Å². The smallest absolute Gasteiger partial charge is 0.341 e. The Hall–Kier alpha value is -2.51. The number of anilines is 1. The minimum Gasteiger partial charge on any atom is -0.465 e. The molecular weight excluding hydrogens is 361 g/mol. The topological polar surface area (TPSA) is 55.4 Å². The van der Waals surface area contributed by atoms with E-state index in [-0.39, 0.29) is 23.7 Å². The Bertz CT molecular complexity index is 886. The van der Waals surface area contributed by atoms with Crippen LogP contribution in [0.3, 0.4) is 0 Å². The van der Waals surface area contributed by atoms with Crippen molar-refractivity contribution >= 4 is 39.6 Å². The minimum atomic E-state index is -0.549. The van der Waals surface area contributed by atoms with Crippen molar-refractivity contribution in [1.82, 2.24) is 0 Å². The van der Waals surface area contributed by atoms with E-state index in [1.807, 2.05) is 17.5 Å². The predicted molar refractivity (Wildman–Crippen MR) is 97.7 cm³/mol. The highest BCUT2D eigenvalue weighted by atomic mass is 32.1. The molecule has 0 aliphatic carbocycles. The van der Waals surface area contributed by atoms with E-state index in [0.717, 1.165) is 4.88 Å². The second-order valence-electron chi connectivity index (χ2n) is 5.16. The van der Waals surface area contributed by atoms with E-state index in [1.165, 1.54) is 41.9 Å². The summed E-state index contributed by atoms with van der Waals surface area (Å²) in [7, 11) is 1.28. The fourth-order valence-electron chi connectivity index (χ4n) is 2.34. The van der Waals surface area contributed by atoms with E-state index in [0.29, 0.717) is 16.1 Å². The molecule has 2 heterocycles. The lowest BCUT2D eigenvalue weighted by Crippen LogP contribution is -2.15. The van der Waals surface area contributed by atoms with Crippen molar-refractivity contribution in [3.8, 4) is 11.1 Å². The van der Waals surface area contributed by atoms with Gasteiger partial charge in [0.15, 0.2) is 0 Å². The van der Waals surface area contributed by atoms with Gasteiger partial charge in [0.25, 0.3) is 0 Å². The number of carbonyl (C=O) groups excluding carboxylic acids is 2. The van der Waals surface area contributed by atoms with Crippen LogP contribution in [0.4, 0.5) is 9.39 Å². The summed E-state index contributed by atoms with van der Waals surface area (Å²) in [6, 6.07) is 9.57. The molecule has 0 aliphatic heterocycles. The summed E-state index contributed by atoms with van der Waals surface area (Å²) in [5.74, 6) is -1.12. The van der Waals surface area contributed by atoms with Gasteiger partial charge in [0, 0.05) is 15.8 Å². The second kappa shape index (κ2) is 7.58. The zero-order valence-corrected chi connectivity index (χ0v) is 14.9. The highest BCUT2D eigenvalue weighted by molar-refractivity contribution is 7.15. The Labute approximate surface area is 151 Å². The molecule has 0 spiro atoms. The van der Waals surface area contributed by atoms with E-state index in [1.54, 1.807) is 17.5 Å². The van der Waals surface area contributed by atoms with Gasteiger partial charge in [0.1, 0.15) is 16.4 Å². The second-order valence-corrected chi connectivity index (χ2v) is 7.07. The maximum atomic E-state index is 13.1. The van der Waals surface area contributed by atoms with Gasteiger partial charge in [0.05, 0.1) is 13.5 Å². The number of halogens is 1. The lowest BCUT2D eigenvalue weighted by molar-refractivity contribution is -0.115. The molecule has 0 atom stereocenters. The van der Waals surface area contributed by atoms with Gasteiger partial charge in [-0.05, 0) is 29.1 Å². The Balaban J connectivity index is 1.90. The van der Waals surface area contributed by atoms with Crippen molar-refractivity contribution in [2.45, 2.75) is 6.42 Å². The molecule has 3 rings (SSSR count). The van der Waals surface area contributed by atoms with Crippen molar-refractivity contribution in [3.63, 3.8) is 0 Å². The number of benzene rings is 1. The normalized spacial score (nSPS) is 10.5. The van der Waals surface area contributed by atoms with E-state index >= 15 is 0 Å². The van der Waals surface area contributed by atoms with E-state index in [2.05, 4.69) is 5.32 Å². The molecule has 1 aromatic carbocycles. The average Bonchev–Trinajstić information content (AvgIpc) is 3.25. The van der Waals surface area contributed by atoms with Crippen LogP contribution in [0.15, 0.2) is 47.2 Å². The Morgan fingerprint density at radius 1 is 1.16 bits per heavy atom. The fraction of sp³-hybridized carbons (Fsp3) is 0.111. The molecular formula is C18H14FNO3S2. The zero-order valence-electron chi connectivity index (χ0n) is 13.2. The minimum absolute atomic E-state index is 0.208. The third-order valence-corrected chi connectivity index (χ3v) is 5.28. The first kappa shape index (κ1) is 17.3. The van der Waals surface area contributed by atoms with Crippen LogP contribution in [-0.2, 0) is 16.0 Å². The summed E-state index contributed by atoms with van der Waals surface area (Å²) in [6.45, 7) is 0. The monoisotopic (exact) mass is 375 g/mol. The molecule has 0 unspecified atom stereocenters. The Kier molecular flexibility index (Phi) is 5.25. The van der Waals surface area contributed by atoms with Gasteiger partial charge in [0.2, 0.25) is 5.91 Å². The summed E-state index contributed by atoms with van der Waals surface area (Å²) in [5.41, 5.74) is 1.55. The summed E-state index contributed by atoms with van der Waals surface area (Å²) in [6.07, 6.45) is 0.238. The van der Waals surface area contributed by atoms with Crippen molar-refractivity contribution in [3.05, 3.63) is 63.4 Å². The van der Waals surface area contributed by atoms with Gasteiger partial charge in [-0.3, -0.25) is 4.79 Å². The van der Waals surface area contributed by atoms with Crippen LogP contribution >= 0.6 is 22.7 Å². The van der Waals surface area contributed by atoms with Crippen LogP contribution < -0.4 is 5.32 Å². The largest absolute Gasteiger partial charge is 0.465 e. The first-order valence-corrected chi connectivity index (χ1v) is 9.12. The van der Waals surface area contributed by atoms with Crippen LogP contribution in [0.2, 0.25) is 0 Å². The van der Waals surface area contributed by atoms with Gasteiger partial charge in [-0.15, -0.1) is 22.7 Å². The molecule has 7 heteroatoms. The number of carbonyl (C=O) groups is 2. The number of amides is 1. The van der Waals surface area contributed by atoms with E-state index < -0.39 is 5.97 Å². The molecule has 0 saturated carbocycles. The first-order chi connectivity index (χ1) is 12.1. The average molecular weight is 375 g/mol. The number of hydrogen-bond donors (Lipinski definition) is 1. The molecule has 0 radical (unpaired) electrons. The Morgan fingerprint density at radius 2 is 1.92 bits per heavy atom. The number of nitrogens with one attached hydrogen (secondary N) is 1. The molecule has 128 valence electrons. The summed E-state index contributed by atoms with van der Waals surface area (Å²) < 4.78 is 18.0. The standard InChI is InChI=1S/C18H14FNO3S2/c1-23-18(22)16-14(11-4-6-12(19)7-5-11)10-25-17(16)20-15(21)9-13-3-2-8-24-13/h2-8,10H,9H2,1H3,(H,20,21). The summed E-state index contributed by atoms with van der Waals surface area (Å²) in [5, 5.41) is 6.85. The van der Waals surface area contributed by atoms with Crippen LogP contribution in [-0.4, -0.2) is 19.0 Å². The van der Waals surface area contributed by atoms with Crippen LogP contribution in [0.25, 0.3) is 11.1 Å². The van der Waals surface area contributed by atoms with Gasteiger partial charge >= 0.3 is 5.97 Å². The number of esters is 1. The molecule has 0 bridgehead atoms. The van der Waals surface area contributed by atoms with E-state index in [4.69, 9.17) is 4.74 Å². The maximum absolute atomic E-state index is 13.1. The summed E-state index contributed by atoms with van der Waals surface area (Å²) >= 11 is 2.73. The molecule has 0 fully saturated rings. The number of thiophene rings is 2. The summed E-state index contributed by atoms with van der Waals surface area (Å²) in [4.78, 5) is 25.4. The lowest BCUT2D eigenvalue weighted by atomic mass is 10.0. The van der Waals surface area contributed by atoms with Gasteiger partial charge in [-0.2, -0.15) is 0 Å². The third kappa shape index (κ3) is 3.94. The van der Waals surface area contributed by atoms with Gasteiger partial charge in [-0.25, -0.2) is 9.18 Å². The van der Waals surface area contributed by atoms with Crippen molar-refractivity contribution < 1.29 is 18.7 Å². The number of hydrogen-bond acceptors (Lipinski definition) is 5. The SMILES string of the molecule is COC(=O)c1c(-c2ccc(F)cc2)csc1NC(=O)Cc1cccs1. The van der Waals surface area contributed by atoms with E-state index in [9.17, 15) is 14.0 Å². The molecule has 0 saturated heterocycles.